The zero-order valence-electron chi connectivity index (χ0n) is 9.67. The van der Waals surface area contributed by atoms with Gasteiger partial charge in [0.25, 0.3) is 0 Å². The second kappa shape index (κ2) is 5.07. The Bertz CT molecular complexity index is 365. The van der Waals surface area contributed by atoms with Crippen molar-refractivity contribution in [2.75, 3.05) is 5.32 Å². The van der Waals surface area contributed by atoms with Crippen molar-refractivity contribution in [1.82, 2.24) is 0 Å². The van der Waals surface area contributed by atoms with E-state index in [0.717, 1.165) is 22.2 Å². The molecule has 0 aromatic heterocycles. The van der Waals surface area contributed by atoms with Crippen LogP contribution in [0.1, 0.15) is 31.7 Å². The first kappa shape index (κ1) is 11.7. The Hall–Kier alpha value is -0.730. The minimum Gasteiger partial charge on any atom is -0.382 e. The van der Waals surface area contributed by atoms with Crippen LogP contribution in [0.4, 0.5) is 5.69 Å². The lowest BCUT2D eigenvalue weighted by atomic mass is 10.1. The molecule has 2 rings (SSSR count). The minimum atomic E-state index is 0.533. The number of hydrogen-bond donors (Lipinski definition) is 2. The molecule has 1 fully saturated rings. The highest BCUT2D eigenvalue weighted by Gasteiger charge is 2.21. The summed E-state index contributed by atoms with van der Waals surface area (Å²) in [4.78, 5) is 0. The van der Waals surface area contributed by atoms with Crippen molar-refractivity contribution < 1.29 is 0 Å². The molecule has 1 aromatic carbocycles. The lowest BCUT2D eigenvalue weighted by molar-refractivity contribution is 0.602. The van der Waals surface area contributed by atoms with Crippen LogP contribution in [-0.2, 0) is 6.54 Å². The van der Waals surface area contributed by atoms with E-state index in [0.29, 0.717) is 12.6 Å². The average molecular weight is 239 g/mol. The zero-order valence-corrected chi connectivity index (χ0v) is 10.4. The number of rotatable bonds is 3. The van der Waals surface area contributed by atoms with E-state index in [4.69, 9.17) is 17.3 Å². The Morgan fingerprint density at radius 2 is 2.25 bits per heavy atom. The van der Waals surface area contributed by atoms with Crippen molar-refractivity contribution in [3.8, 4) is 0 Å². The van der Waals surface area contributed by atoms with Crippen molar-refractivity contribution in [2.24, 2.45) is 11.7 Å². The highest BCUT2D eigenvalue weighted by Crippen LogP contribution is 2.29. The van der Waals surface area contributed by atoms with Gasteiger partial charge in [-0.2, -0.15) is 0 Å². The summed E-state index contributed by atoms with van der Waals surface area (Å²) in [5.74, 6) is 0.839. The van der Waals surface area contributed by atoms with Gasteiger partial charge < -0.3 is 11.1 Å². The fourth-order valence-corrected chi connectivity index (χ4v) is 2.62. The molecule has 16 heavy (non-hydrogen) atoms. The molecule has 1 aliphatic carbocycles. The van der Waals surface area contributed by atoms with Crippen LogP contribution in [-0.4, -0.2) is 6.04 Å². The van der Waals surface area contributed by atoms with E-state index in [1.807, 2.05) is 18.2 Å². The molecule has 0 saturated heterocycles. The molecule has 1 aliphatic rings. The first-order valence-corrected chi connectivity index (χ1v) is 6.32. The van der Waals surface area contributed by atoms with Gasteiger partial charge in [0.1, 0.15) is 0 Å². The van der Waals surface area contributed by atoms with Gasteiger partial charge in [0.2, 0.25) is 0 Å². The quantitative estimate of drug-likeness (QED) is 0.847. The van der Waals surface area contributed by atoms with Gasteiger partial charge in [-0.1, -0.05) is 18.5 Å². The zero-order chi connectivity index (χ0) is 11.5. The molecule has 3 N–H and O–H groups in total. The third-order valence-corrected chi connectivity index (χ3v) is 3.58. The highest BCUT2D eigenvalue weighted by molar-refractivity contribution is 6.30. The van der Waals surface area contributed by atoms with Crippen LogP contribution in [0.25, 0.3) is 0 Å². The summed E-state index contributed by atoms with van der Waals surface area (Å²) in [5.41, 5.74) is 7.97. The average Bonchev–Trinajstić information content (AvgIpc) is 2.67. The summed E-state index contributed by atoms with van der Waals surface area (Å²) in [6.45, 7) is 2.85. The summed E-state index contributed by atoms with van der Waals surface area (Å²) in [5, 5.41) is 4.33. The third kappa shape index (κ3) is 2.69. The first-order valence-electron chi connectivity index (χ1n) is 5.94. The molecular formula is C13H19ClN2. The van der Waals surface area contributed by atoms with Crippen LogP contribution in [0.5, 0.6) is 0 Å². The molecule has 0 amide bonds. The van der Waals surface area contributed by atoms with E-state index < -0.39 is 0 Å². The van der Waals surface area contributed by atoms with Crippen molar-refractivity contribution in [3.05, 3.63) is 28.8 Å². The van der Waals surface area contributed by atoms with Gasteiger partial charge in [0.05, 0.1) is 0 Å². The van der Waals surface area contributed by atoms with Crippen molar-refractivity contribution in [3.63, 3.8) is 0 Å². The Morgan fingerprint density at radius 1 is 1.44 bits per heavy atom. The first-order chi connectivity index (χ1) is 7.69. The number of benzene rings is 1. The Kier molecular flexibility index (Phi) is 3.72. The molecule has 0 bridgehead atoms. The topological polar surface area (TPSA) is 38.0 Å². The number of anilines is 1. The van der Waals surface area contributed by atoms with Crippen LogP contribution < -0.4 is 11.1 Å². The maximum atomic E-state index is 5.95. The van der Waals surface area contributed by atoms with Crippen LogP contribution >= 0.6 is 11.6 Å². The summed E-state index contributed by atoms with van der Waals surface area (Å²) in [6, 6.07) is 6.50. The molecule has 0 heterocycles. The van der Waals surface area contributed by atoms with Crippen LogP contribution in [0, 0.1) is 5.92 Å². The van der Waals surface area contributed by atoms with Gasteiger partial charge in [-0.05, 0) is 48.9 Å². The van der Waals surface area contributed by atoms with E-state index in [-0.39, 0.29) is 0 Å². The molecule has 0 radical (unpaired) electrons. The normalized spacial score (nSPS) is 24.7. The van der Waals surface area contributed by atoms with Crippen molar-refractivity contribution in [2.45, 2.75) is 38.8 Å². The van der Waals surface area contributed by atoms with E-state index in [1.165, 1.54) is 19.3 Å². The monoisotopic (exact) mass is 238 g/mol. The fraction of sp³-hybridized carbons (Fsp3) is 0.538. The minimum absolute atomic E-state index is 0.533. The van der Waals surface area contributed by atoms with E-state index in [2.05, 4.69) is 12.2 Å². The van der Waals surface area contributed by atoms with Crippen LogP contribution in [0.15, 0.2) is 18.2 Å². The Morgan fingerprint density at radius 3 is 2.88 bits per heavy atom. The fourth-order valence-electron chi connectivity index (χ4n) is 2.43. The number of halogens is 1. The molecule has 2 atom stereocenters. The maximum Gasteiger partial charge on any atom is 0.0410 e. The number of hydrogen-bond acceptors (Lipinski definition) is 2. The smallest absolute Gasteiger partial charge is 0.0410 e. The second-order valence-electron chi connectivity index (χ2n) is 4.77. The lowest BCUT2D eigenvalue weighted by Gasteiger charge is -2.17. The van der Waals surface area contributed by atoms with Gasteiger partial charge in [0, 0.05) is 23.3 Å². The summed E-state index contributed by atoms with van der Waals surface area (Å²) in [7, 11) is 0. The summed E-state index contributed by atoms with van der Waals surface area (Å²) < 4.78 is 0. The van der Waals surface area contributed by atoms with E-state index in [9.17, 15) is 0 Å². The van der Waals surface area contributed by atoms with Gasteiger partial charge in [-0.3, -0.25) is 0 Å². The Balaban J connectivity index is 2.08. The lowest BCUT2D eigenvalue weighted by Crippen LogP contribution is -2.17. The summed E-state index contributed by atoms with van der Waals surface area (Å²) in [6.07, 6.45) is 3.84. The highest BCUT2D eigenvalue weighted by atomic mass is 35.5. The predicted molar refractivity (Wildman–Crippen MR) is 69.8 cm³/mol. The molecule has 2 nitrogen and oxygen atoms in total. The molecular weight excluding hydrogens is 220 g/mol. The van der Waals surface area contributed by atoms with E-state index >= 15 is 0 Å². The van der Waals surface area contributed by atoms with Crippen LogP contribution in [0.2, 0.25) is 5.02 Å². The van der Waals surface area contributed by atoms with E-state index in [1.54, 1.807) is 0 Å². The van der Waals surface area contributed by atoms with Gasteiger partial charge in [-0.15, -0.1) is 0 Å². The maximum absolute atomic E-state index is 5.95. The molecule has 3 heteroatoms. The molecule has 0 aliphatic heterocycles. The second-order valence-corrected chi connectivity index (χ2v) is 5.20. The molecule has 1 saturated carbocycles. The molecule has 88 valence electrons. The standard InChI is InChI=1S/C13H19ClN2/c1-9-2-4-12(6-9)16-13-5-3-11(14)7-10(13)8-15/h3,5,7,9,12,16H,2,4,6,8,15H2,1H3. The van der Waals surface area contributed by atoms with Gasteiger partial charge >= 0.3 is 0 Å². The SMILES string of the molecule is CC1CCC(Nc2ccc(Cl)cc2CN)C1. The largest absolute Gasteiger partial charge is 0.382 e. The summed E-state index contributed by atoms with van der Waals surface area (Å²) >= 11 is 5.95. The van der Waals surface area contributed by atoms with Crippen LogP contribution in [0.3, 0.4) is 0 Å². The third-order valence-electron chi connectivity index (χ3n) is 3.34. The van der Waals surface area contributed by atoms with Gasteiger partial charge in [-0.25, -0.2) is 0 Å². The van der Waals surface area contributed by atoms with Gasteiger partial charge in [0.15, 0.2) is 0 Å². The predicted octanol–water partition coefficient (Wildman–Crippen LogP) is 3.40. The molecule has 1 aromatic rings. The molecule has 0 spiro atoms. The number of nitrogens with two attached hydrogens (primary N) is 1. The number of nitrogens with one attached hydrogen (secondary N) is 1. The van der Waals surface area contributed by atoms with Crippen molar-refractivity contribution >= 4 is 17.3 Å². The Labute approximate surface area is 102 Å². The van der Waals surface area contributed by atoms with Crippen molar-refractivity contribution in [1.29, 1.82) is 0 Å². The molecule has 2 unspecified atom stereocenters.